The molecule has 0 aromatic heterocycles. The zero-order valence-corrected chi connectivity index (χ0v) is 45.1. The Morgan fingerprint density at radius 1 is 0.532 bits per heavy atom. The molecule has 1 aliphatic carbocycles. The van der Waals surface area contributed by atoms with Gasteiger partial charge in [0, 0.05) is 25.4 Å². The molecule has 0 spiro atoms. The summed E-state index contributed by atoms with van der Waals surface area (Å²) in [6.45, 7) is 1.72. The Hall–Kier alpha value is -7.29. The Morgan fingerprint density at radius 2 is 1.04 bits per heavy atom. The Kier molecular flexibility index (Phi) is 33.1. The van der Waals surface area contributed by atoms with E-state index in [-0.39, 0.29) is 75.8 Å². The van der Waals surface area contributed by atoms with E-state index in [1.54, 1.807) is 0 Å². The number of carbonyl (C=O) groups excluding carboxylic acids is 12. The average molecular weight is 1130 g/mol. The zero-order chi connectivity index (χ0) is 59.8. The van der Waals surface area contributed by atoms with Crippen LogP contribution in [0.1, 0.15) is 111 Å². The molecule has 12 amide bonds. The number of aliphatic hydroxyl groups is 3. The number of nitrogens with zero attached hydrogens (tertiary/aromatic N) is 1. The van der Waals surface area contributed by atoms with Crippen LogP contribution in [0, 0.1) is 5.92 Å². The van der Waals surface area contributed by atoms with Gasteiger partial charge in [-0.1, -0.05) is 19.3 Å². The Bertz CT molecular complexity index is 2090. The van der Waals surface area contributed by atoms with Gasteiger partial charge >= 0.3 is 0 Å². The molecule has 25 N–H and O–H groups in total. The maximum Gasteiger partial charge on any atom is 0.245 e. The smallest absolute Gasteiger partial charge is 0.245 e. The van der Waals surface area contributed by atoms with E-state index in [2.05, 4.69) is 58.2 Å². The predicted octanol–water partition coefficient (Wildman–Crippen LogP) is -8.88. The molecule has 0 heterocycles. The van der Waals surface area contributed by atoms with E-state index in [1.807, 2.05) is 0 Å². The van der Waals surface area contributed by atoms with Gasteiger partial charge in [-0.3, -0.25) is 62.5 Å². The van der Waals surface area contributed by atoms with Crippen molar-refractivity contribution in [1.82, 2.24) is 53.2 Å². The van der Waals surface area contributed by atoms with Crippen molar-refractivity contribution in [2.24, 2.45) is 45.3 Å². The maximum absolute atomic E-state index is 14.2. The maximum atomic E-state index is 14.2. The van der Waals surface area contributed by atoms with Gasteiger partial charge in [-0.2, -0.15) is 0 Å². The lowest BCUT2D eigenvalue weighted by Gasteiger charge is -2.28. The summed E-state index contributed by atoms with van der Waals surface area (Å²) in [5, 5.41) is 54.9. The SMILES string of the molecule is C[C@H](NC(=O)[C@@H](NC(=O)[C@H](CCC(N)=O)NC(=O)[C@@H](N)CCCCN)[C@@H](C)O)C(=O)N[C@@H](CCCN=C(N)N)C(=O)N[C@@H](CCCCNC(=O)C1CCCC1)C(=O)N[C@@H](CO)C(=O)N[C@H](C(=O)NCC(=O)NCC(N)=O)[C@@H](C)O. The van der Waals surface area contributed by atoms with Crippen molar-refractivity contribution in [2.45, 2.75) is 171 Å². The minimum Gasteiger partial charge on any atom is -0.394 e. The third-order valence-corrected chi connectivity index (χ3v) is 12.4. The van der Waals surface area contributed by atoms with Gasteiger partial charge in [0.05, 0.1) is 37.9 Å². The summed E-state index contributed by atoms with van der Waals surface area (Å²) < 4.78 is 0. The van der Waals surface area contributed by atoms with Crippen LogP contribution in [-0.2, 0) is 57.5 Å². The molecule has 32 heteroatoms. The van der Waals surface area contributed by atoms with Crippen LogP contribution in [0.2, 0.25) is 0 Å². The third kappa shape index (κ3) is 28.2. The zero-order valence-electron chi connectivity index (χ0n) is 45.1. The molecule has 0 unspecified atom stereocenters. The summed E-state index contributed by atoms with van der Waals surface area (Å²) in [4.78, 5) is 159. The second-order valence-corrected chi connectivity index (χ2v) is 19.2. The lowest BCUT2D eigenvalue weighted by Crippen LogP contribution is -2.61. The van der Waals surface area contributed by atoms with Gasteiger partial charge in [-0.25, -0.2) is 0 Å². The highest BCUT2D eigenvalue weighted by Gasteiger charge is 2.35. The minimum atomic E-state index is -1.81. The molecule has 10 atom stereocenters. The number of aliphatic hydroxyl groups excluding tert-OH is 3. The molecular formula is C47H85N17O15. The molecular weight excluding hydrogens is 1040 g/mol. The fourth-order valence-corrected chi connectivity index (χ4v) is 7.78. The number of hydrogen-bond donors (Lipinski definition) is 19. The summed E-state index contributed by atoms with van der Waals surface area (Å²) in [5.74, 6) is -11.1. The Balaban J connectivity index is 3.39. The van der Waals surface area contributed by atoms with Gasteiger partial charge in [-0.05, 0) is 91.5 Å². The van der Waals surface area contributed by atoms with E-state index in [9.17, 15) is 72.9 Å². The van der Waals surface area contributed by atoms with Gasteiger partial charge in [0.25, 0.3) is 0 Å². The third-order valence-electron chi connectivity index (χ3n) is 12.4. The summed E-state index contributed by atoms with van der Waals surface area (Å²) in [6.07, 6.45) is 1.02. The van der Waals surface area contributed by atoms with E-state index >= 15 is 0 Å². The number of nitrogens with two attached hydrogens (primary N) is 6. The van der Waals surface area contributed by atoms with Crippen LogP contribution < -0.4 is 87.6 Å². The van der Waals surface area contributed by atoms with Crippen LogP contribution in [0.15, 0.2) is 4.99 Å². The fraction of sp³-hybridized carbons (Fsp3) is 0.723. The minimum absolute atomic E-state index is 0.0388. The number of primary amides is 2. The van der Waals surface area contributed by atoms with Crippen molar-refractivity contribution in [3.8, 4) is 0 Å². The second-order valence-electron chi connectivity index (χ2n) is 19.2. The first-order chi connectivity index (χ1) is 37.2. The lowest BCUT2D eigenvalue weighted by atomic mass is 10.0. The van der Waals surface area contributed by atoms with Crippen molar-refractivity contribution in [2.75, 3.05) is 39.3 Å². The van der Waals surface area contributed by atoms with Crippen LogP contribution >= 0.6 is 0 Å². The Morgan fingerprint density at radius 3 is 1.58 bits per heavy atom. The number of amides is 12. The van der Waals surface area contributed by atoms with Crippen molar-refractivity contribution in [1.29, 1.82) is 0 Å². The molecule has 32 nitrogen and oxygen atoms in total. The molecule has 448 valence electrons. The second kappa shape index (κ2) is 37.5. The molecule has 0 radical (unpaired) electrons. The predicted molar refractivity (Wildman–Crippen MR) is 283 cm³/mol. The first-order valence-corrected chi connectivity index (χ1v) is 26.2. The molecule has 0 aromatic rings. The molecule has 0 aromatic carbocycles. The van der Waals surface area contributed by atoms with E-state index in [1.165, 1.54) is 6.92 Å². The van der Waals surface area contributed by atoms with Gasteiger partial charge in [0.2, 0.25) is 70.9 Å². The van der Waals surface area contributed by atoms with Gasteiger partial charge < -0.3 is 103 Å². The van der Waals surface area contributed by atoms with Crippen molar-refractivity contribution >= 4 is 76.8 Å². The first kappa shape index (κ1) is 69.7. The topological polar surface area (TPSA) is 554 Å². The van der Waals surface area contributed by atoms with Crippen molar-refractivity contribution in [3.63, 3.8) is 0 Å². The van der Waals surface area contributed by atoms with Crippen molar-refractivity contribution < 1.29 is 72.9 Å². The quantitative estimate of drug-likeness (QED) is 0.0154. The molecule has 1 aliphatic rings. The highest BCUT2D eigenvalue weighted by atomic mass is 16.3. The summed E-state index contributed by atoms with van der Waals surface area (Å²) in [6, 6.07) is -12.3. The van der Waals surface area contributed by atoms with Gasteiger partial charge in [-0.15, -0.1) is 0 Å². The monoisotopic (exact) mass is 1130 g/mol. The summed E-state index contributed by atoms with van der Waals surface area (Å²) >= 11 is 0. The first-order valence-electron chi connectivity index (χ1n) is 26.2. The average Bonchev–Trinajstić information content (AvgIpc) is 3.94. The largest absolute Gasteiger partial charge is 0.394 e. The molecule has 0 bridgehead atoms. The highest BCUT2D eigenvalue weighted by Crippen LogP contribution is 2.24. The van der Waals surface area contributed by atoms with Gasteiger partial charge in [0.1, 0.15) is 42.3 Å². The van der Waals surface area contributed by atoms with Crippen molar-refractivity contribution in [3.05, 3.63) is 0 Å². The van der Waals surface area contributed by atoms with E-state index in [0.717, 1.165) is 39.5 Å². The molecule has 1 rings (SSSR count). The number of carbonyl (C=O) groups is 12. The lowest BCUT2D eigenvalue weighted by molar-refractivity contribution is -0.137. The van der Waals surface area contributed by atoms with E-state index in [4.69, 9.17) is 34.4 Å². The molecule has 79 heavy (non-hydrogen) atoms. The highest BCUT2D eigenvalue weighted by molar-refractivity contribution is 5.98. The number of aliphatic imine (C=N–C) groups is 1. The normalized spacial score (nSPS) is 15.9. The molecule has 1 saturated carbocycles. The molecule has 1 fully saturated rings. The number of unbranched alkanes of at least 4 members (excludes halogenated alkanes) is 2. The van der Waals surface area contributed by atoms with Crippen LogP contribution in [-0.4, -0.2) is 192 Å². The van der Waals surface area contributed by atoms with Crippen LogP contribution in [0.5, 0.6) is 0 Å². The Labute approximate surface area is 457 Å². The number of rotatable bonds is 39. The van der Waals surface area contributed by atoms with Gasteiger partial charge in [0.15, 0.2) is 5.96 Å². The number of hydrogen-bond acceptors (Lipinski definition) is 18. The standard InChI is InChI=1S/C47H85N17O15/c1-24(58-46(79)37(26(3)67)64-43(76)31(16-17-33(50)68)60-40(73)28(49)13-6-8-18-48)38(71)59-30(15-10-20-55-47(52)53)41(74)61-29(14-7-9-19-54-39(72)27-11-4-5-12-27)42(75)62-32(23-65)44(77)63-36(25(2)66)45(78)57-22-35(70)56-21-34(51)69/h24-32,36-37,65-67H,4-23,48-49H2,1-3H3,(H2,50,68)(H2,51,69)(H,54,72)(H,56,70)(H,57,78)(H,58,79)(H,59,71)(H,60,73)(H,61,74)(H,62,75)(H,63,77)(H,64,76)(H4,52,53,55)/t24-,25+,26+,28-,29-,30-,31-,32-,36-,37-/m0/s1. The summed E-state index contributed by atoms with van der Waals surface area (Å²) in [5.41, 5.74) is 32.7. The van der Waals surface area contributed by atoms with E-state index < -0.39 is 145 Å². The molecule has 0 aliphatic heterocycles. The van der Waals surface area contributed by atoms with Crippen LogP contribution in [0.25, 0.3) is 0 Å². The number of guanidine groups is 1. The number of nitrogens with one attached hydrogen (secondary N) is 10. The van der Waals surface area contributed by atoms with E-state index in [0.29, 0.717) is 25.8 Å². The van der Waals surface area contributed by atoms with Crippen LogP contribution in [0.4, 0.5) is 0 Å². The molecule has 0 saturated heterocycles. The summed E-state index contributed by atoms with van der Waals surface area (Å²) in [7, 11) is 0. The van der Waals surface area contributed by atoms with Crippen LogP contribution in [0.3, 0.4) is 0 Å². The fourth-order valence-electron chi connectivity index (χ4n) is 7.78.